The number of hydrogen-bond donors (Lipinski definition) is 1. The molecule has 1 saturated heterocycles. The number of rotatable bonds is 7. The Kier molecular flexibility index (Phi) is 6.93. The number of nitrogens with zero attached hydrogens (tertiary/aromatic N) is 3. The van der Waals surface area contributed by atoms with Gasteiger partial charge in [-0.25, -0.2) is 0 Å². The van der Waals surface area contributed by atoms with Gasteiger partial charge < -0.3 is 19.9 Å². The molecule has 8 heteroatoms. The molecule has 2 rings (SSSR count). The number of likely N-dealkylation sites (N-methyl/N-ethyl adjacent to an activating group) is 1. The summed E-state index contributed by atoms with van der Waals surface area (Å²) in [5.74, 6) is 0.0810. The molecule has 1 aromatic rings. The van der Waals surface area contributed by atoms with E-state index in [4.69, 9.17) is 4.74 Å². The van der Waals surface area contributed by atoms with E-state index >= 15 is 0 Å². The van der Waals surface area contributed by atoms with Gasteiger partial charge in [-0.3, -0.25) is 14.9 Å². The molecular formula is C18H28N4O4. The summed E-state index contributed by atoms with van der Waals surface area (Å²) < 4.78 is 5.30. The lowest BCUT2D eigenvalue weighted by Gasteiger charge is -2.29. The summed E-state index contributed by atoms with van der Waals surface area (Å²) in [6.45, 7) is 6.97. The second-order valence-corrected chi connectivity index (χ2v) is 7.05. The number of carbonyl (C=O) groups is 1. The van der Waals surface area contributed by atoms with Crippen molar-refractivity contribution in [2.75, 3.05) is 51.8 Å². The standard InChI is InChI=1S/C18H28N4O4/c1-13(2)17(20(3)4)12-19-18(23)14-5-6-15(16(11-14)22(24)25)21-7-9-26-10-8-21/h5-6,11,13,17H,7-10,12H2,1-4H3,(H,19,23). The highest BCUT2D eigenvalue weighted by Gasteiger charge is 2.24. The summed E-state index contributed by atoms with van der Waals surface area (Å²) in [6, 6.07) is 4.86. The Morgan fingerprint density at radius 2 is 2.00 bits per heavy atom. The monoisotopic (exact) mass is 364 g/mol. The highest BCUT2D eigenvalue weighted by molar-refractivity contribution is 5.95. The minimum absolute atomic E-state index is 0.0485. The average Bonchev–Trinajstić information content (AvgIpc) is 2.61. The zero-order valence-electron chi connectivity index (χ0n) is 15.9. The minimum Gasteiger partial charge on any atom is -0.378 e. The zero-order valence-corrected chi connectivity index (χ0v) is 15.9. The first kappa shape index (κ1) is 20.1. The quantitative estimate of drug-likeness (QED) is 0.586. The fraction of sp³-hybridized carbons (Fsp3) is 0.611. The van der Waals surface area contributed by atoms with E-state index in [2.05, 4.69) is 24.1 Å². The van der Waals surface area contributed by atoms with Crippen LogP contribution in [0.1, 0.15) is 24.2 Å². The lowest BCUT2D eigenvalue weighted by atomic mass is 10.0. The molecule has 1 fully saturated rings. The smallest absolute Gasteiger partial charge is 0.293 e. The summed E-state index contributed by atoms with van der Waals surface area (Å²) >= 11 is 0. The Balaban J connectivity index is 2.15. The van der Waals surface area contributed by atoms with E-state index in [-0.39, 0.29) is 17.6 Å². The number of hydrogen-bond acceptors (Lipinski definition) is 6. The van der Waals surface area contributed by atoms with Gasteiger partial charge in [0.1, 0.15) is 5.69 Å². The van der Waals surface area contributed by atoms with E-state index < -0.39 is 4.92 Å². The Bertz CT molecular complexity index is 634. The van der Waals surface area contributed by atoms with Crippen molar-refractivity contribution in [3.63, 3.8) is 0 Å². The summed E-state index contributed by atoms with van der Waals surface area (Å²) in [5, 5.41) is 14.4. The van der Waals surface area contributed by atoms with E-state index in [1.54, 1.807) is 12.1 Å². The molecule has 1 heterocycles. The number of anilines is 1. The molecule has 1 aromatic carbocycles. The molecule has 1 N–H and O–H groups in total. The van der Waals surface area contributed by atoms with Gasteiger partial charge in [-0.15, -0.1) is 0 Å². The number of amides is 1. The number of nitro benzene ring substituents is 1. The molecule has 1 aliphatic rings. The van der Waals surface area contributed by atoms with Gasteiger partial charge >= 0.3 is 0 Å². The van der Waals surface area contributed by atoms with Gasteiger partial charge in [-0.1, -0.05) is 13.8 Å². The summed E-state index contributed by atoms with van der Waals surface area (Å²) in [5.41, 5.74) is 0.783. The van der Waals surface area contributed by atoms with Crippen LogP contribution in [-0.2, 0) is 4.74 Å². The molecule has 1 aliphatic heterocycles. The molecule has 0 aromatic heterocycles. The lowest BCUT2D eigenvalue weighted by molar-refractivity contribution is -0.384. The second kappa shape index (κ2) is 8.95. The first-order valence-corrected chi connectivity index (χ1v) is 8.87. The molecule has 0 bridgehead atoms. The van der Waals surface area contributed by atoms with Gasteiger partial charge in [0.25, 0.3) is 11.6 Å². The maximum atomic E-state index is 12.5. The van der Waals surface area contributed by atoms with Crippen molar-refractivity contribution < 1.29 is 14.5 Å². The predicted octanol–water partition coefficient (Wildman–Crippen LogP) is 1.75. The van der Waals surface area contributed by atoms with E-state index in [0.29, 0.717) is 50.0 Å². The lowest BCUT2D eigenvalue weighted by Crippen LogP contribution is -2.43. The van der Waals surface area contributed by atoms with E-state index in [9.17, 15) is 14.9 Å². The average molecular weight is 364 g/mol. The minimum atomic E-state index is -0.432. The normalized spacial score (nSPS) is 16.0. The van der Waals surface area contributed by atoms with Crippen LogP contribution in [0.2, 0.25) is 0 Å². The largest absolute Gasteiger partial charge is 0.378 e. The molecule has 0 spiro atoms. The fourth-order valence-electron chi connectivity index (χ4n) is 3.20. The van der Waals surface area contributed by atoms with Crippen molar-refractivity contribution in [1.82, 2.24) is 10.2 Å². The van der Waals surface area contributed by atoms with E-state index in [1.165, 1.54) is 6.07 Å². The number of nitro groups is 1. The third kappa shape index (κ3) is 4.92. The highest BCUT2D eigenvalue weighted by atomic mass is 16.6. The topological polar surface area (TPSA) is 88.0 Å². The van der Waals surface area contributed by atoms with Gasteiger partial charge in [0.15, 0.2) is 0 Å². The van der Waals surface area contributed by atoms with Crippen LogP contribution in [0.15, 0.2) is 18.2 Å². The van der Waals surface area contributed by atoms with Crippen molar-refractivity contribution in [3.8, 4) is 0 Å². The zero-order chi connectivity index (χ0) is 19.3. The van der Waals surface area contributed by atoms with Gasteiger partial charge in [0, 0.05) is 37.3 Å². The fourth-order valence-corrected chi connectivity index (χ4v) is 3.20. The van der Waals surface area contributed by atoms with Crippen LogP contribution in [0.3, 0.4) is 0 Å². The first-order chi connectivity index (χ1) is 12.3. The molecular weight excluding hydrogens is 336 g/mol. The van der Waals surface area contributed by atoms with Crippen LogP contribution >= 0.6 is 0 Å². The summed E-state index contributed by atoms with van der Waals surface area (Å²) in [4.78, 5) is 27.5. The first-order valence-electron chi connectivity index (χ1n) is 8.87. The van der Waals surface area contributed by atoms with Crippen LogP contribution in [0.5, 0.6) is 0 Å². The Morgan fingerprint density at radius 3 is 2.54 bits per heavy atom. The number of nitrogens with one attached hydrogen (secondary N) is 1. The van der Waals surface area contributed by atoms with Crippen LogP contribution in [0, 0.1) is 16.0 Å². The van der Waals surface area contributed by atoms with Crippen molar-refractivity contribution in [2.45, 2.75) is 19.9 Å². The SMILES string of the molecule is CC(C)C(CNC(=O)c1ccc(N2CCOCC2)c([N+](=O)[O-])c1)N(C)C. The van der Waals surface area contributed by atoms with Crippen LogP contribution in [-0.4, -0.2) is 68.7 Å². The van der Waals surface area contributed by atoms with Gasteiger partial charge in [-0.2, -0.15) is 0 Å². The van der Waals surface area contributed by atoms with Gasteiger partial charge in [-0.05, 0) is 32.1 Å². The van der Waals surface area contributed by atoms with Crippen LogP contribution in [0.4, 0.5) is 11.4 Å². The van der Waals surface area contributed by atoms with Crippen molar-refractivity contribution in [2.24, 2.45) is 5.92 Å². The Labute approximate surface area is 154 Å². The third-order valence-electron chi connectivity index (χ3n) is 4.69. The summed E-state index contributed by atoms with van der Waals surface area (Å²) in [7, 11) is 3.94. The maximum Gasteiger partial charge on any atom is 0.293 e. The number of benzene rings is 1. The van der Waals surface area contributed by atoms with Crippen LogP contribution in [0.25, 0.3) is 0 Å². The maximum absolute atomic E-state index is 12.5. The molecule has 26 heavy (non-hydrogen) atoms. The highest BCUT2D eigenvalue weighted by Crippen LogP contribution is 2.29. The predicted molar refractivity (Wildman–Crippen MR) is 101 cm³/mol. The van der Waals surface area contributed by atoms with Gasteiger partial charge in [0.2, 0.25) is 0 Å². The number of morpholine rings is 1. The Hall–Kier alpha value is -2.19. The van der Waals surface area contributed by atoms with E-state index in [1.807, 2.05) is 19.0 Å². The molecule has 0 saturated carbocycles. The molecule has 144 valence electrons. The molecule has 8 nitrogen and oxygen atoms in total. The molecule has 1 unspecified atom stereocenters. The molecule has 0 aliphatic carbocycles. The van der Waals surface area contributed by atoms with Crippen molar-refractivity contribution in [3.05, 3.63) is 33.9 Å². The third-order valence-corrected chi connectivity index (χ3v) is 4.69. The molecule has 1 amide bonds. The number of ether oxygens (including phenoxy) is 1. The Morgan fingerprint density at radius 1 is 1.35 bits per heavy atom. The molecule has 0 radical (unpaired) electrons. The second-order valence-electron chi connectivity index (χ2n) is 7.05. The van der Waals surface area contributed by atoms with Crippen molar-refractivity contribution in [1.29, 1.82) is 0 Å². The number of carbonyl (C=O) groups excluding carboxylic acids is 1. The summed E-state index contributed by atoms with van der Waals surface area (Å²) in [6.07, 6.45) is 0. The molecule has 1 atom stereocenters. The van der Waals surface area contributed by atoms with E-state index in [0.717, 1.165) is 0 Å². The van der Waals surface area contributed by atoms with Crippen molar-refractivity contribution >= 4 is 17.3 Å². The van der Waals surface area contributed by atoms with Gasteiger partial charge in [0.05, 0.1) is 18.1 Å². The van der Waals surface area contributed by atoms with Crippen LogP contribution < -0.4 is 10.2 Å².